The van der Waals surface area contributed by atoms with Crippen LogP contribution in [0.4, 0.5) is 26.3 Å². The number of aliphatic hydroxyl groups is 2. The van der Waals surface area contributed by atoms with Crippen molar-refractivity contribution in [3.05, 3.63) is 59.2 Å². The monoisotopic (exact) mass is 771 g/mol. The molecular formula is C32H47BF6N4NaO5Si2. The van der Waals surface area contributed by atoms with Crippen LogP contribution in [0.25, 0.3) is 22.1 Å². The van der Waals surface area contributed by atoms with Crippen molar-refractivity contribution in [2.45, 2.75) is 90.7 Å². The molecule has 4 aromatic heterocycles. The molecule has 4 aromatic rings. The maximum Gasteiger partial charge on any atom is 1.00 e. The van der Waals surface area contributed by atoms with Gasteiger partial charge in [0.2, 0.25) is 0 Å². The first kappa shape index (κ1) is 49.0. The van der Waals surface area contributed by atoms with Gasteiger partial charge in [-0.05, 0) is 48.8 Å². The van der Waals surface area contributed by atoms with Gasteiger partial charge in [-0.25, -0.2) is 9.97 Å². The molecule has 0 aliphatic heterocycles. The summed E-state index contributed by atoms with van der Waals surface area (Å²) < 4.78 is 92.2. The van der Waals surface area contributed by atoms with Gasteiger partial charge in [0.25, 0.3) is 0 Å². The molecule has 0 aliphatic carbocycles. The number of hydrogen-bond donors (Lipinski definition) is 2. The van der Waals surface area contributed by atoms with Gasteiger partial charge >= 0.3 is 41.9 Å². The zero-order chi connectivity index (χ0) is 37.2. The number of rotatable bonds is 12. The summed E-state index contributed by atoms with van der Waals surface area (Å²) in [6.07, 6.45) is -5.80. The van der Waals surface area contributed by atoms with Crippen LogP contribution in [0.1, 0.15) is 35.7 Å². The fourth-order valence-corrected chi connectivity index (χ4v) is 5.82. The summed E-state index contributed by atoms with van der Waals surface area (Å²) in [6.45, 7) is 15.2. The van der Waals surface area contributed by atoms with E-state index in [2.05, 4.69) is 49.3 Å². The van der Waals surface area contributed by atoms with Crippen LogP contribution in [0.15, 0.2) is 36.7 Å². The van der Waals surface area contributed by atoms with Crippen LogP contribution >= 0.6 is 0 Å². The third kappa shape index (κ3) is 15.9. The van der Waals surface area contributed by atoms with Crippen LogP contribution in [0, 0.1) is 0 Å². The van der Waals surface area contributed by atoms with E-state index in [9.17, 15) is 31.1 Å². The third-order valence-electron chi connectivity index (χ3n) is 6.88. The van der Waals surface area contributed by atoms with Gasteiger partial charge in [0.15, 0.2) is 6.29 Å². The number of carbonyl (C=O) groups excluding carboxylic acids is 1. The summed E-state index contributed by atoms with van der Waals surface area (Å²) in [6, 6.07) is 6.70. The molecule has 0 unspecified atom stereocenters. The fourth-order valence-electron chi connectivity index (χ4n) is 4.30. The smallest absolute Gasteiger partial charge is 1.00 e. The minimum Gasteiger partial charge on any atom is -1.00 e. The normalized spacial score (nSPS) is 12.0. The van der Waals surface area contributed by atoms with E-state index in [4.69, 9.17) is 19.7 Å². The third-order valence-corrected chi connectivity index (χ3v) is 10.3. The van der Waals surface area contributed by atoms with Crippen molar-refractivity contribution >= 4 is 52.9 Å². The molecule has 19 heteroatoms. The Bertz CT molecular complexity index is 1670. The Kier molecular flexibility index (Phi) is 20.2. The summed E-state index contributed by atoms with van der Waals surface area (Å²) in [5.41, 5.74) is -0.524. The maximum atomic E-state index is 13.2. The average molecular weight is 772 g/mol. The second-order valence-corrected chi connectivity index (χ2v) is 24.9. The number of ether oxygens (including phenoxy) is 2. The Morgan fingerprint density at radius 1 is 0.765 bits per heavy atom. The molecule has 2 N–H and O–H groups in total. The van der Waals surface area contributed by atoms with Crippen molar-refractivity contribution in [3.63, 3.8) is 0 Å². The number of aliphatic hydroxyl groups excluding tert-OH is 2. The van der Waals surface area contributed by atoms with Gasteiger partial charge in [0, 0.05) is 73.1 Å². The first-order chi connectivity index (χ1) is 22.6. The van der Waals surface area contributed by atoms with Crippen LogP contribution in [0.2, 0.25) is 51.4 Å². The van der Waals surface area contributed by atoms with Gasteiger partial charge in [-0.1, -0.05) is 39.3 Å². The Labute approximate surface area is 322 Å². The molecular weight excluding hydrogens is 724 g/mol. The van der Waals surface area contributed by atoms with E-state index >= 15 is 0 Å². The molecule has 279 valence electrons. The predicted molar refractivity (Wildman–Crippen MR) is 189 cm³/mol. The second-order valence-electron chi connectivity index (χ2n) is 13.6. The van der Waals surface area contributed by atoms with Gasteiger partial charge in [-0.2, -0.15) is 26.3 Å². The largest absolute Gasteiger partial charge is 1.00 e. The number of nitrogens with zero attached hydrogens (tertiary/aromatic N) is 4. The molecule has 0 saturated carbocycles. The molecule has 0 spiro atoms. The molecule has 0 fully saturated rings. The Morgan fingerprint density at radius 3 is 1.51 bits per heavy atom. The molecule has 9 nitrogen and oxygen atoms in total. The molecule has 0 bridgehead atoms. The number of halogens is 6. The van der Waals surface area contributed by atoms with Crippen LogP contribution in [0.5, 0.6) is 0 Å². The number of hydrogen-bond acceptors (Lipinski definition) is 7. The van der Waals surface area contributed by atoms with Crippen molar-refractivity contribution in [3.8, 4) is 0 Å². The molecule has 0 aromatic carbocycles. The SMILES string of the molecule is CCO.C[Si](C)(C)CCOCn1c(C(F)(F)F)cc2cc(C=O)cnc21.C[Si](C)(C)CCOCn1c(C(F)(F)F)cc2cc(CO)cnc21.[B].[H-].[Na+]. The van der Waals surface area contributed by atoms with E-state index in [1.807, 2.05) is 0 Å². The van der Waals surface area contributed by atoms with Crippen LogP contribution in [0.3, 0.4) is 0 Å². The summed E-state index contributed by atoms with van der Waals surface area (Å²) in [7, 11) is -2.60. The minimum atomic E-state index is -4.51. The summed E-state index contributed by atoms with van der Waals surface area (Å²) in [5, 5.41) is 17.3. The summed E-state index contributed by atoms with van der Waals surface area (Å²) in [4.78, 5) is 18.8. The van der Waals surface area contributed by atoms with Gasteiger partial charge in [-0.15, -0.1) is 0 Å². The number of aldehydes is 1. The Morgan fingerprint density at radius 2 is 1.16 bits per heavy atom. The van der Waals surface area contributed by atoms with Gasteiger partial charge in [-0.3, -0.25) is 13.9 Å². The fraction of sp³-hybridized carbons (Fsp3) is 0.531. The van der Waals surface area contributed by atoms with E-state index in [-0.39, 0.29) is 88.3 Å². The van der Waals surface area contributed by atoms with E-state index < -0.39 is 39.9 Å². The zero-order valence-electron chi connectivity index (χ0n) is 31.5. The summed E-state index contributed by atoms with van der Waals surface area (Å²) in [5.74, 6) is 0. The zero-order valence-corrected chi connectivity index (χ0v) is 34.5. The molecule has 51 heavy (non-hydrogen) atoms. The number of aromatic nitrogens is 4. The van der Waals surface area contributed by atoms with E-state index in [0.717, 1.165) is 33.4 Å². The Balaban J connectivity index is 0. The molecule has 3 radical (unpaired) electrons. The van der Waals surface area contributed by atoms with Crippen molar-refractivity contribution in [1.82, 2.24) is 19.1 Å². The van der Waals surface area contributed by atoms with E-state index in [1.165, 1.54) is 24.5 Å². The van der Waals surface area contributed by atoms with Crippen LogP contribution < -0.4 is 29.6 Å². The molecule has 0 aliphatic rings. The Hall–Kier alpha value is -2.03. The molecule has 4 rings (SSSR count). The maximum absolute atomic E-state index is 13.2. The average Bonchev–Trinajstić information content (AvgIpc) is 3.55. The minimum absolute atomic E-state index is 0. The molecule has 0 amide bonds. The summed E-state index contributed by atoms with van der Waals surface area (Å²) >= 11 is 0. The number of fused-ring (bicyclic) bond motifs is 2. The van der Waals surface area contributed by atoms with Crippen molar-refractivity contribution in [1.29, 1.82) is 0 Å². The van der Waals surface area contributed by atoms with Crippen LogP contribution in [-0.2, 0) is 41.9 Å². The van der Waals surface area contributed by atoms with Gasteiger partial charge in [0.05, 0.1) is 6.61 Å². The first-order valence-electron chi connectivity index (χ1n) is 15.6. The van der Waals surface area contributed by atoms with Crippen molar-refractivity contribution < 1.29 is 81.8 Å². The van der Waals surface area contributed by atoms with Gasteiger partial charge < -0.3 is 21.1 Å². The predicted octanol–water partition coefficient (Wildman–Crippen LogP) is 4.77. The van der Waals surface area contributed by atoms with Crippen LogP contribution in [-0.4, -0.2) is 80.0 Å². The standard InChI is InChI=1S/C15H21F3N2O2Si.C15H19F3N2O2Si.C2H6O.B.Na.H/c2*1-23(2,3)5-4-22-10-20-13(15(16,17)18)7-12-6-11(9-21)8-19-14(12)20;1-2-3;;;/h6-8,21H,4-5,9-10H2,1-3H3;6-9H,4-5,10H2,1-3H3;3H,2H2,1H3;;;/q;;;;+1;-1. The molecule has 0 saturated heterocycles. The molecule has 0 atom stereocenters. The number of alkyl halides is 6. The van der Waals surface area contributed by atoms with Gasteiger partial charge in [0.1, 0.15) is 36.1 Å². The quantitative estimate of drug-likeness (QED) is 0.0925. The number of carbonyl (C=O) groups is 1. The van der Waals surface area contributed by atoms with Crippen molar-refractivity contribution in [2.24, 2.45) is 0 Å². The first-order valence-corrected chi connectivity index (χ1v) is 23.0. The second kappa shape index (κ2) is 21.0. The topological polar surface area (TPSA) is 112 Å². The van der Waals surface area contributed by atoms with Crippen molar-refractivity contribution in [2.75, 3.05) is 19.8 Å². The van der Waals surface area contributed by atoms with E-state index in [0.29, 0.717) is 30.4 Å². The number of pyridine rings is 2. The molecule has 4 heterocycles. The van der Waals surface area contributed by atoms with E-state index in [1.54, 1.807) is 6.92 Å².